The van der Waals surface area contributed by atoms with Crippen molar-refractivity contribution >= 4 is 0 Å². The number of aliphatic hydroxyl groups is 1. The molecule has 0 atom stereocenters. The van der Waals surface area contributed by atoms with Crippen molar-refractivity contribution in [3.63, 3.8) is 0 Å². The Balaban J connectivity index is 2.06. The van der Waals surface area contributed by atoms with Crippen LogP contribution < -0.4 is 0 Å². The first-order chi connectivity index (χ1) is 7.23. The van der Waals surface area contributed by atoms with E-state index >= 15 is 0 Å². The molecule has 1 N–H and O–H groups in total. The molecule has 15 heavy (non-hydrogen) atoms. The topological polar surface area (TPSA) is 50.9 Å². The summed E-state index contributed by atoms with van der Waals surface area (Å²) in [6.07, 6.45) is 7.39. The molecule has 1 fully saturated rings. The molecule has 1 heterocycles. The van der Waals surface area contributed by atoms with E-state index in [0.29, 0.717) is 6.42 Å². The van der Waals surface area contributed by atoms with Gasteiger partial charge in [-0.25, -0.2) is 4.98 Å². The molecule has 4 heteroatoms. The van der Waals surface area contributed by atoms with Gasteiger partial charge < -0.3 is 5.11 Å². The van der Waals surface area contributed by atoms with Crippen molar-refractivity contribution in [1.82, 2.24) is 14.8 Å². The molecule has 84 valence electrons. The molecule has 0 aliphatic heterocycles. The lowest BCUT2D eigenvalue weighted by Crippen LogP contribution is -2.29. The zero-order chi connectivity index (χ0) is 10.7. The van der Waals surface area contributed by atoms with Gasteiger partial charge in [0.25, 0.3) is 0 Å². The molecule has 1 aromatic rings. The van der Waals surface area contributed by atoms with Gasteiger partial charge in [-0.2, -0.15) is 5.10 Å². The summed E-state index contributed by atoms with van der Waals surface area (Å²) < 4.78 is 1.91. The van der Waals surface area contributed by atoms with E-state index in [0.717, 1.165) is 44.5 Å². The lowest BCUT2D eigenvalue weighted by Gasteiger charge is -2.21. The Morgan fingerprint density at radius 3 is 2.87 bits per heavy atom. The third kappa shape index (κ3) is 2.37. The summed E-state index contributed by atoms with van der Waals surface area (Å²) in [5, 5.41) is 14.4. The molecule has 0 saturated heterocycles. The monoisotopic (exact) mass is 209 g/mol. The summed E-state index contributed by atoms with van der Waals surface area (Å²) in [6.45, 7) is 3.02. The van der Waals surface area contributed by atoms with Crippen LogP contribution in [-0.4, -0.2) is 25.5 Å². The first-order valence-electron chi connectivity index (χ1n) is 5.82. The van der Waals surface area contributed by atoms with E-state index in [1.807, 2.05) is 4.68 Å². The first-order valence-corrected chi connectivity index (χ1v) is 5.82. The minimum atomic E-state index is -0.515. The van der Waals surface area contributed by atoms with Gasteiger partial charge in [0, 0.05) is 13.0 Å². The molecule has 0 aromatic carbocycles. The first kappa shape index (κ1) is 10.6. The van der Waals surface area contributed by atoms with E-state index in [-0.39, 0.29) is 0 Å². The predicted octanol–water partition coefficient (Wildman–Crippen LogP) is 1.54. The van der Waals surface area contributed by atoms with Gasteiger partial charge in [0.15, 0.2) is 0 Å². The fraction of sp³-hybridized carbons (Fsp3) is 0.818. The van der Waals surface area contributed by atoms with E-state index < -0.39 is 5.60 Å². The van der Waals surface area contributed by atoms with Crippen molar-refractivity contribution in [2.24, 2.45) is 0 Å². The van der Waals surface area contributed by atoms with Crippen LogP contribution >= 0.6 is 0 Å². The second-order valence-corrected chi connectivity index (χ2v) is 4.51. The van der Waals surface area contributed by atoms with E-state index in [9.17, 15) is 5.11 Å². The number of aromatic nitrogens is 3. The van der Waals surface area contributed by atoms with Gasteiger partial charge >= 0.3 is 0 Å². The standard InChI is InChI=1S/C11H19N3O/c1-2-7-14-10(12-9-13-14)8-11(15)5-3-4-6-11/h9,15H,2-8H2,1H3. The van der Waals surface area contributed by atoms with Crippen LogP contribution in [-0.2, 0) is 13.0 Å². The van der Waals surface area contributed by atoms with Crippen LogP contribution in [0.15, 0.2) is 6.33 Å². The summed E-state index contributed by atoms with van der Waals surface area (Å²) in [6, 6.07) is 0. The van der Waals surface area contributed by atoms with Crippen molar-refractivity contribution in [1.29, 1.82) is 0 Å². The average molecular weight is 209 g/mol. The molecule has 0 bridgehead atoms. The smallest absolute Gasteiger partial charge is 0.138 e. The van der Waals surface area contributed by atoms with Crippen molar-refractivity contribution in [3.05, 3.63) is 12.2 Å². The van der Waals surface area contributed by atoms with Gasteiger partial charge in [0.05, 0.1) is 5.60 Å². The molecule has 4 nitrogen and oxygen atoms in total. The SMILES string of the molecule is CCCn1ncnc1CC1(O)CCCC1. The van der Waals surface area contributed by atoms with Gasteiger partial charge in [-0.05, 0) is 19.3 Å². The number of aryl methyl sites for hydroxylation is 1. The molecule has 0 amide bonds. The van der Waals surface area contributed by atoms with Crippen molar-refractivity contribution in [2.45, 2.75) is 57.6 Å². The lowest BCUT2D eigenvalue weighted by molar-refractivity contribution is 0.0450. The molecule has 0 radical (unpaired) electrons. The van der Waals surface area contributed by atoms with Gasteiger partial charge in [-0.15, -0.1) is 0 Å². The Hall–Kier alpha value is -0.900. The highest BCUT2D eigenvalue weighted by atomic mass is 16.3. The maximum Gasteiger partial charge on any atom is 0.138 e. The molecule has 0 spiro atoms. The van der Waals surface area contributed by atoms with Crippen LogP contribution in [0.5, 0.6) is 0 Å². The molecule has 2 rings (SSSR count). The zero-order valence-electron chi connectivity index (χ0n) is 9.32. The second-order valence-electron chi connectivity index (χ2n) is 4.51. The molecular formula is C11H19N3O. The van der Waals surface area contributed by atoms with Crippen LogP contribution in [0.1, 0.15) is 44.9 Å². The largest absolute Gasteiger partial charge is 0.389 e. The van der Waals surface area contributed by atoms with Gasteiger partial charge in [0.2, 0.25) is 0 Å². The molecule has 0 unspecified atom stereocenters. The summed E-state index contributed by atoms with van der Waals surface area (Å²) in [5.41, 5.74) is -0.515. The fourth-order valence-corrected chi connectivity index (χ4v) is 2.33. The van der Waals surface area contributed by atoms with Crippen LogP contribution in [0, 0.1) is 0 Å². The van der Waals surface area contributed by atoms with E-state index in [1.54, 1.807) is 6.33 Å². The fourth-order valence-electron chi connectivity index (χ4n) is 2.33. The Bertz CT molecular complexity index is 315. The van der Waals surface area contributed by atoms with Crippen molar-refractivity contribution in [3.8, 4) is 0 Å². The highest BCUT2D eigenvalue weighted by molar-refractivity contribution is 4.97. The summed E-state index contributed by atoms with van der Waals surface area (Å²) in [5.74, 6) is 0.932. The van der Waals surface area contributed by atoms with Crippen molar-refractivity contribution < 1.29 is 5.11 Å². The third-order valence-corrected chi connectivity index (χ3v) is 3.15. The van der Waals surface area contributed by atoms with Crippen LogP contribution in [0.3, 0.4) is 0 Å². The number of hydrogen-bond donors (Lipinski definition) is 1. The molecule has 1 aliphatic carbocycles. The predicted molar refractivity (Wildman–Crippen MR) is 57.4 cm³/mol. The summed E-state index contributed by atoms with van der Waals surface area (Å²) in [7, 11) is 0. The van der Waals surface area contributed by atoms with Crippen molar-refractivity contribution in [2.75, 3.05) is 0 Å². The summed E-state index contributed by atoms with van der Waals surface area (Å²) >= 11 is 0. The highest BCUT2D eigenvalue weighted by Crippen LogP contribution is 2.31. The van der Waals surface area contributed by atoms with Gasteiger partial charge in [-0.3, -0.25) is 4.68 Å². The molecule has 1 aliphatic rings. The maximum absolute atomic E-state index is 10.3. The highest BCUT2D eigenvalue weighted by Gasteiger charge is 2.32. The van der Waals surface area contributed by atoms with Crippen LogP contribution in [0.25, 0.3) is 0 Å². The van der Waals surface area contributed by atoms with E-state index in [2.05, 4.69) is 17.0 Å². The minimum absolute atomic E-state index is 0.515. The van der Waals surface area contributed by atoms with E-state index in [1.165, 1.54) is 0 Å². The Morgan fingerprint density at radius 2 is 2.20 bits per heavy atom. The molecule has 1 saturated carbocycles. The van der Waals surface area contributed by atoms with E-state index in [4.69, 9.17) is 0 Å². The maximum atomic E-state index is 10.3. The summed E-state index contributed by atoms with van der Waals surface area (Å²) in [4.78, 5) is 4.24. The molecular weight excluding hydrogens is 190 g/mol. The number of nitrogens with zero attached hydrogens (tertiary/aromatic N) is 3. The Kier molecular flexibility index (Phi) is 3.05. The van der Waals surface area contributed by atoms with Crippen LogP contribution in [0.2, 0.25) is 0 Å². The second kappa shape index (κ2) is 4.31. The minimum Gasteiger partial charge on any atom is -0.389 e. The third-order valence-electron chi connectivity index (χ3n) is 3.15. The normalized spacial score (nSPS) is 19.6. The Labute approximate surface area is 90.3 Å². The van der Waals surface area contributed by atoms with Crippen LogP contribution in [0.4, 0.5) is 0 Å². The van der Waals surface area contributed by atoms with Gasteiger partial charge in [0.1, 0.15) is 12.2 Å². The van der Waals surface area contributed by atoms with Gasteiger partial charge in [-0.1, -0.05) is 19.8 Å². The quantitative estimate of drug-likeness (QED) is 0.818. The molecule has 1 aromatic heterocycles. The average Bonchev–Trinajstić information content (AvgIpc) is 2.78. The number of hydrogen-bond acceptors (Lipinski definition) is 3. The lowest BCUT2D eigenvalue weighted by atomic mass is 9.98. The Morgan fingerprint density at radius 1 is 1.47 bits per heavy atom. The zero-order valence-corrected chi connectivity index (χ0v) is 9.32. The number of rotatable bonds is 4.